The molecule has 6 heteroatoms. The first-order valence-electron chi connectivity index (χ1n) is 6.52. The highest BCUT2D eigenvalue weighted by Gasteiger charge is 2.22. The lowest BCUT2D eigenvalue weighted by Crippen LogP contribution is -2.47. The number of para-hydroxylation sites is 1. The van der Waals surface area contributed by atoms with Crippen molar-refractivity contribution in [1.29, 1.82) is 0 Å². The quantitative estimate of drug-likeness (QED) is 0.815. The van der Waals surface area contributed by atoms with E-state index in [1.807, 2.05) is 21.9 Å². The molecule has 3 rings (SSSR count). The molecule has 106 valence electrons. The second-order valence-corrected chi connectivity index (χ2v) is 4.95. The van der Waals surface area contributed by atoms with Crippen molar-refractivity contribution < 1.29 is 8.81 Å². The maximum atomic E-state index is 13.7. The lowest BCUT2D eigenvalue weighted by atomic mass is 10.2. The van der Waals surface area contributed by atoms with Crippen molar-refractivity contribution in [3.05, 3.63) is 42.0 Å². The number of benzene rings is 1. The fourth-order valence-corrected chi connectivity index (χ4v) is 2.47. The van der Waals surface area contributed by atoms with E-state index >= 15 is 0 Å². The topological polar surface area (TPSA) is 32.5 Å². The van der Waals surface area contributed by atoms with Gasteiger partial charge in [0.25, 0.3) is 6.01 Å². The number of oxazole rings is 1. The van der Waals surface area contributed by atoms with Crippen LogP contribution in [-0.4, -0.2) is 31.2 Å². The first-order chi connectivity index (χ1) is 9.78. The van der Waals surface area contributed by atoms with Gasteiger partial charge in [-0.3, -0.25) is 0 Å². The summed E-state index contributed by atoms with van der Waals surface area (Å²) in [6.07, 6.45) is 1.57. The van der Waals surface area contributed by atoms with E-state index in [0.717, 1.165) is 31.9 Å². The molecule has 0 N–H and O–H groups in total. The van der Waals surface area contributed by atoms with Crippen LogP contribution in [0.1, 0.15) is 5.69 Å². The van der Waals surface area contributed by atoms with Gasteiger partial charge in [0.2, 0.25) is 0 Å². The van der Waals surface area contributed by atoms with Crippen LogP contribution in [0.4, 0.5) is 16.1 Å². The van der Waals surface area contributed by atoms with Crippen molar-refractivity contribution in [2.45, 2.75) is 5.88 Å². The van der Waals surface area contributed by atoms with E-state index < -0.39 is 0 Å². The normalized spacial score (nSPS) is 15.7. The molecule has 1 aliphatic rings. The maximum Gasteiger partial charge on any atom is 0.297 e. The van der Waals surface area contributed by atoms with E-state index in [1.54, 1.807) is 12.3 Å². The number of aromatic nitrogens is 1. The smallest absolute Gasteiger partial charge is 0.297 e. The van der Waals surface area contributed by atoms with Crippen molar-refractivity contribution in [3.63, 3.8) is 0 Å². The molecule has 2 heterocycles. The molecule has 1 saturated heterocycles. The van der Waals surface area contributed by atoms with Crippen LogP contribution < -0.4 is 9.80 Å². The molecule has 0 amide bonds. The molecule has 1 aliphatic heterocycles. The highest BCUT2D eigenvalue weighted by molar-refractivity contribution is 6.16. The summed E-state index contributed by atoms with van der Waals surface area (Å²) in [7, 11) is 0. The van der Waals surface area contributed by atoms with Crippen molar-refractivity contribution in [2.75, 3.05) is 36.0 Å². The zero-order chi connectivity index (χ0) is 13.9. The molecule has 0 spiro atoms. The largest absolute Gasteiger partial charge is 0.432 e. The van der Waals surface area contributed by atoms with Gasteiger partial charge in [0, 0.05) is 26.2 Å². The van der Waals surface area contributed by atoms with E-state index in [0.29, 0.717) is 17.6 Å². The summed E-state index contributed by atoms with van der Waals surface area (Å²) in [5, 5.41) is 0. The number of rotatable bonds is 3. The minimum atomic E-state index is -0.179. The van der Waals surface area contributed by atoms with E-state index in [9.17, 15) is 4.39 Å². The SMILES string of the molecule is Fc1ccccc1N1CCN(c2nc(CCl)co2)CC1. The van der Waals surface area contributed by atoms with Crippen LogP contribution >= 0.6 is 11.6 Å². The Morgan fingerprint density at radius 2 is 1.85 bits per heavy atom. The molecule has 0 bridgehead atoms. The van der Waals surface area contributed by atoms with E-state index in [-0.39, 0.29) is 5.82 Å². The number of nitrogens with zero attached hydrogens (tertiary/aromatic N) is 3. The molecule has 2 aromatic rings. The number of piperazine rings is 1. The minimum absolute atomic E-state index is 0.179. The van der Waals surface area contributed by atoms with Gasteiger partial charge in [-0.15, -0.1) is 11.6 Å². The second-order valence-electron chi connectivity index (χ2n) is 4.68. The zero-order valence-corrected chi connectivity index (χ0v) is 11.7. The van der Waals surface area contributed by atoms with Gasteiger partial charge in [-0.05, 0) is 12.1 Å². The molecule has 20 heavy (non-hydrogen) atoms. The first-order valence-corrected chi connectivity index (χ1v) is 7.06. The molecular weight excluding hydrogens is 281 g/mol. The summed E-state index contributed by atoms with van der Waals surface area (Å²) < 4.78 is 19.1. The van der Waals surface area contributed by atoms with Gasteiger partial charge in [0.05, 0.1) is 17.3 Å². The number of hydrogen-bond acceptors (Lipinski definition) is 4. The molecule has 0 radical (unpaired) electrons. The molecule has 0 unspecified atom stereocenters. The summed E-state index contributed by atoms with van der Waals surface area (Å²) in [4.78, 5) is 8.39. The molecule has 0 aliphatic carbocycles. The Morgan fingerprint density at radius 3 is 2.50 bits per heavy atom. The highest BCUT2D eigenvalue weighted by Crippen LogP contribution is 2.22. The molecule has 0 atom stereocenters. The van der Waals surface area contributed by atoms with Crippen molar-refractivity contribution >= 4 is 23.3 Å². The Bertz CT molecular complexity index is 581. The summed E-state index contributed by atoms with van der Waals surface area (Å²) in [5.74, 6) is 0.167. The molecule has 1 fully saturated rings. The van der Waals surface area contributed by atoms with Gasteiger partial charge >= 0.3 is 0 Å². The van der Waals surface area contributed by atoms with Crippen molar-refractivity contribution in [3.8, 4) is 0 Å². The fourth-order valence-electron chi connectivity index (χ4n) is 2.35. The van der Waals surface area contributed by atoms with Crippen LogP contribution in [0.5, 0.6) is 0 Å². The predicted octanol–water partition coefficient (Wildman–Crippen LogP) is 2.88. The van der Waals surface area contributed by atoms with E-state index in [4.69, 9.17) is 16.0 Å². The average molecular weight is 296 g/mol. The number of halogens is 2. The summed E-state index contributed by atoms with van der Waals surface area (Å²) in [6, 6.07) is 7.44. The van der Waals surface area contributed by atoms with Crippen LogP contribution in [0, 0.1) is 5.82 Å². The van der Waals surface area contributed by atoms with E-state index in [1.165, 1.54) is 6.07 Å². The lowest BCUT2D eigenvalue weighted by molar-refractivity contribution is 0.513. The molecule has 0 saturated carbocycles. The second kappa shape index (κ2) is 5.71. The Labute approximate surface area is 121 Å². The predicted molar refractivity (Wildman–Crippen MR) is 76.9 cm³/mol. The third kappa shape index (κ3) is 2.58. The van der Waals surface area contributed by atoms with Crippen LogP contribution in [-0.2, 0) is 5.88 Å². The third-order valence-electron chi connectivity index (χ3n) is 3.42. The van der Waals surface area contributed by atoms with Gasteiger partial charge in [0.1, 0.15) is 12.1 Å². The summed E-state index contributed by atoms with van der Waals surface area (Å²) in [6.45, 7) is 2.96. The summed E-state index contributed by atoms with van der Waals surface area (Å²) >= 11 is 5.71. The Kier molecular flexibility index (Phi) is 3.78. The molecule has 1 aromatic carbocycles. The first kappa shape index (κ1) is 13.2. The Hall–Kier alpha value is -1.75. The molecule has 1 aromatic heterocycles. The Balaban J connectivity index is 1.66. The monoisotopic (exact) mass is 295 g/mol. The van der Waals surface area contributed by atoms with Crippen LogP contribution in [0.15, 0.2) is 34.9 Å². The van der Waals surface area contributed by atoms with Gasteiger partial charge < -0.3 is 14.2 Å². The third-order valence-corrected chi connectivity index (χ3v) is 3.69. The zero-order valence-electron chi connectivity index (χ0n) is 10.9. The van der Waals surface area contributed by atoms with Gasteiger partial charge in [-0.25, -0.2) is 4.39 Å². The van der Waals surface area contributed by atoms with Crippen LogP contribution in [0.2, 0.25) is 0 Å². The van der Waals surface area contributed by atoms with Gasteiger partial charge in [0.15, 0.2) is 0 Å². The lowest BCUT2D eigenvalue weighted by Gasteiger charge is -2.35. The van der Waals surface area contributed by atoms with Crippen molar-refractivity contribution in [2.24, 2.45) is 0 Å². The fraction of sp³-hybridized carbons (Fsp3) is 0.357. The number of alkyl halides is 1. The molecule has 4 nitrogen and oxygen atoms in total. The number of hydrogen-bond donors (Lipinski definition) is 0. The highest BCUT2D eigenvalue weighted by atomic mass is 35.5. The Morgan fingerprint density at radius 1 is 1.15 bits per heavy atom. The van der Waals surface area contributed by atoms with Gasteiger partial charge in [-0.1, -0.05) is 12.1 Å². The van der Waals surface area contributed by atoms with E-state index in [2.05, 4.69) is 4.98 Å². The minimum Gasteiger partial charge on any atom is -0.432 e. The standard InChI is InChI=1S/C14H15ClFN3O/c15-9-11-10-20-14(17-11)19-7-5-18(6-8-19)13-4-2-1-3-12(13)16/h1-4,10H,5-9H2. The maximum absolute atomic E-state index is 13.7. The molecular formula is C14H15ClFN3O. The van der Waals surface area contributed by atoms with Gasteiger partial charge in [-0.2, -0.15) is 4.98 Å². The summed E-state index contributed by atoms with van der Waals surface area (Å²) in [5.41, 5.74) is 1.39. The van der Waals surface area contributed by atoms with Crippen LogP contribution in [0.25, 0.3) is 0 Å². The number of anilines is 2. The van der Waals surface area contributed by atoms with Crippen LogP contribution in [0.3, 0.4) is 0 Å². The average Bonchev–Trinajstić information content (AvgIpc) is 2.97. The van der Waals surface area contributed by atoms with Crippen molar-refractivity contribution in [1.82, 2.24) is 4.98 Å².